The molecule has 0 unspecified atom stereocenters. The Bertz CT molecular complexity index is 1080. The maximum atomic E-state index is 13.0. The van der Waals surface area contributed by atoms with Crippen LogP contribution in [0.25, 0.3) is 0 Å². The van der Waals surface area contributed by atoms with E-state index in [1.165, 1.54) is 19.4 Å². The summed E-state index contributed by atoms with van der Waals surface area (Å²) in [4.78, 5) is 29.6. The Kier molecular flexibility index (Phi) is 10.9. The van der Waals surface area contributed by atoms with E-state index in [-0.39, 0.29) is 43.6 Å². The van der Waals surface area contributed by atoms with Crippen molar-refractivity contribution in [2.75, 3.05) is 26.9 Å². The molecule has 39 heavy (non-hydrogen) atoms. The molecule has 1 saturated heterocycles. The normalized spacial score (nSPS) is 22.2. The van der Waals surface area contributed by atoms with Gasteiger partial charge in [0.25, 0.3) is 5.91 Å². The first-order valence-electron chi connectivity index (χ1n) is 12.6. The number of nitrogens with zero attached hydrogens (tertiary/aromatic N) is 1. The van der Waals surface area contributed by atoms with E-state index in [4.69, 9.17) is 18.9 Å². The summed E-state index contributed by atoms with van der Waals surface area (Å²) in [6, 6.07) is 9.79. The lowest BCUT2D eigenvalue weighted by atomic mass is 9.92. The third-order valence-corrected chi connectivity index (χ3v) is 6.32. The topological polar surface area (TPSA) is 116 Å². The first-order chi connectivity index (χ1) is 18.6. The summed E-state index contributed by atoms with van der Waals surface area (Å²) < 4.78 is 60.2. The second-order valence-corrected chi connectivity index (χ2v) is 9.25. The van der Waals surface area contributed by atoms with Crippen LogP contribution in [0, 0.1) is 5.92 Å². The van der Waals surface area contributed by atoms with Crippen LogP contribution in [0.1, 0.15) is 42.2 Å². The van der Waals surface area contributed by atoms with Crippen molar-refractivity contribution < 1.29 is 46.8 Å². The van der Waals surface area contributed by atoms with Gasteiger partial charge in [-0.15, -0.1) is 0 Å². The van der Waals surface area contributed by atoms with Crippen molar-refractivity contribution in [3.05, 3.63) is 53.9 Å². The molecular weight excluding hydrogens is 521 g/mol. The highest BCUT2D eigenvalue weighted by atomic mass is 19.4. The Balaban J connectivity index is 1.73. The lowest BCUT2D eigenvalue weighted by Crippen LogP contribution is -2.46. The number of halogens is 3. The number of carbonyl (C=O) groups excluding carboxylic acids is 2. The van der Waals surface area contributed by atoms with Crippen molar-refractivity contribution in [1.82, 2.24) is 10.3 Å². The second kappa shape index (κ2) is 14.1. The minimum absolute atomic E-state index is 0.0313. The standard InChI is InChI=1S/C27H33F3N2O7/c1-17-24(38-14-6-12-27(28,29)30)19(10-9-18-7-4-3-5-8-18)15-37-16-20(26(35)39-17)32-25(34)22-23(33)21(36-2)11-13-31-22/h3-5,7-8,11,13,17,19-20,24,33H,6,9-10,12,14-16H2,1-2H3,(H,32,34)/t17-,19-,20-,24-/m0/s1. The molecule has 2 aromatic rings. The molecule has 3 rings (SSSR count). The van der Waals surface area contributed by atoms with Crippen molar-refractivity contribution in [2.45, 2.75) is 57.0 Å². The lowest BCUT2D eigenvalue weighted by Gasteiger charge is -2.31. The first-order valence-corrected chi connectivity index (χ1v) is 12.6. The Morgan fingerprint density at radius 3 is 2.64 bits per heavy atom. The summed E-state index contributed by atoms with van der Waals surface area (Å²) in [6.07, 6.45) is -4.61. The highest BCUT2D eigenvalue weighted by Gasteiger charge is 2.36. The van der Waals surface area contributed by atoms with Crippen molar-refractivity contribution in [3.8, 4) is 11.5 Å². The van der Waals surface area contributed by atoms with Gasteiger partial charge in [-0.25, -0.2) is 9.78 Å². The zero-order chi connectivity index (χ0) is 28.4. The number of aryl methyl sites for hydroxylation is 1. The third-order valence-electron chi connectivity index (χ3n) is 6.32. The second-order valence-electron chi connectivity index (χ2n) is 9.25. The molecule has 0 bridgehead atoms. The highest BCUT2D eigenvalue weighted by molar-refractivity contribution is 5.98. The van der Waals surface area contributed by atoms with E-state index in [1.54, 1.807) is 6.92 Å². The fourth-order valence-electron chi connectivity index (χ4n) is 4.32. The molecule has 1 aromatic heterocycles. The molecule has 1 amide bonds. The number of alkyl halides is 3. The zero-order valence-corrected chi connectivity index (χ0v) is 21.8. The van der Waals surface area contributed by atoms with E-state index in [2.05, 4.69) is 10.3 Å². The minimum atomic E-state index is -4.30. The van der Waals surface area contributed by atoms with Gasteiger partial charge >= 0.3 is 12.1 Å². The molecule has 0 spiro atoms. The third kappa shape index (κ3) is 9.10. The van der Waals surface area contributed by atoms with Crippen molar-refractivity contribution in [2.24, 2.45) is 5.92 Å². The minimum Gasteiger partial charge on any atom is -0.503 e. The number of ether oxygens (including phenoxy) is 4. The summed E-state index contributed by atoms with van der Waals surface area (Å²) in [7, 11) is 1.32. The Hall–Kier alpha value is -3.38. The number of esters is 1. The number of hydrogen-bond donors (Lipinski definition) is 2. The van der Waals surface area contributed by atoms with Gasteiger partial charge in [0.15, 0.2) is 23.2 Å². The molecule has 0 saturated carbocycles. The number of carbonyl (C=O) groups is 2. The number of methoxy groups -OCH3 is 1. The van der Waals surface area contributed by atoms with E-state index in [0.29, 0.717) is 12.8 Å². The fourth-order valence-corrected chi connectivity index (χ4v) is 4.32. The number of aromatic nitrogens is 1. The molecule has 1 aliphatic rings. The van der Waals surface area contributed by atoms with Crippen LogP contribution >= 0.6 is 0 Å². The van der Waals surface area contributed by atoms with Crippen LogP contribution in [0.2, 0.25) is 0 Å². The van der Waals surface area contributed by atoms with Crippen molar-refractivity contribution >= 4 is 11.9 Å². The molecule has 12 heteroatoms. The van der Waals surface area contributed by atoms with Gasteiger partial charge in [0.1, 0.15) is 6.10 Å². The van der Waals surface area contributed by atoms with Gasteiger partial charge in [0.2, 0.25) is 0 Å². The maximum absolute atomic E-state index is 13.0. The molecule has 4 atom stereocenters. The molecule has 1 fully saturated rings. The summed E-state index contributed by atoms with van der Waals surface area (Å²) in [5.74, 6) is -2.42. The fraction of sp³-hybridized carbons (Fsp3) is 0.519. The zero-order valence-electron chi connectivity index (χ0n) is 21.8. The summed E-state index contributed by atoms with van der Waals surface area (Å²) in [5.41, 5.74) is 0.718. The summed E-state index contributed by atoms with van der Waals surface area (Å²) >= 11 is 0. The van der Waals surface area contributed by atoms with E-state index in [1.807, 2.05) is 30.3 Å². The van der Waals surface area contributed by atoms with Gasteiger partial charge < -0.3 is 29.4 Å². The number of hydrogen-bond acceptors (Lipinski definition) is 8. The largest absolute Gasteiger partial charge is 0.503 e. The van der Waals surface area contributed by atoms with Crippen molar-refractivity contribution in [3.63, 3.8) is 0 Å². The van der Waals surface area contributed by atoms with Crippen LogP contribution in [0.3, 0.4) is 0 Å². The molecule has 9 nitrogen and oxygen atoms in total. The monoisotopic (exact) mass is 554 g/mol. The van der Waals surface area contributed by atoms with E-state index >= 15 is 0 Å². The van der Waals surface area contributed by atoms with Crippen molar-refractivity contribution in [1.29, 1.82) is 0 Å². The molecular formula is C27H33F3N2O7. The van der Waals surface area contributed by atoms with Crippen LogP contribution < -0.4 is 10.1 Å². The van der Waals surface area contributed by atoms with Gasteiger partial charge in [-0.1, -0.05) is 30.3 Å². The van der Waals surface area contributed by atoms with Crippen LogP contribution in [0.4, 0.5) is 13.2 Å². The Morgan fingerprint density at radius 1 is 1.21 bits per heavy atom. The molecule has 2 heterocycles. The SMILES string of the molecule is COc1ccnc(C(=O)N[C@H]2COC[C@H](CCc3ccccc3)[C@@H](OCCCC(F)(F)F)[C@H](C)OC2=O)c1O. The van der Waals surface area contributed by atoms with E-state index < -0.39 is 48.5 Å². The quantitative estimate of drug-likeness (QED) is 0.336. The maximum Gasteiger partial charge on any atom is 0.389 e. The van der Waals surface area contributed by atoms with Gasteiger partial charge in [-0.05, 0) is 31.7 Å². The Morgan fingerprint density at radius 2 is 1.95 bits per heavy atom. The number of cyclic esters (lactones) is 1. The predicted molar refractivity (Wildman–Crippen MR) is 133 cm³/mol. The highest BCUT2D eigenvalue weighted by Crippen LogP contribution is 2.28. The number of aromatic hydroxyl groups is 1. The number of pyridine rings is 1. The van der Waals surface area contributed by atoms with Gasteiger partial charge in [0.05, 0.1) is 26.4 Å². The van der Waals surface area contributed by atoms with Gasteiger partial charge in [-0.3, -0.25) is 4.79 Å². The van der Waals surface area contributed by atoms with Crippen LogP contribution in [-0.2, 0) is 25.4 Å². The van der Waals surface area contributed by atoms with Crippen LogP contribution in [0.5, 0.6) is 11.5 Å². The van der Waals surface area contributed by atoms with Gasteiger partial charge in [0, 0.05) is 31.2 Å². The van der Waals surface area contributed by atoms with Crippen LogP contribution in [0.15, 0.2) is 42.6 Å². The average molecular weight is 555 g/mol. The molecule has 2 N–H and O–H groups in total. The molecule has 0 radical (unpaired) electrons. The molecule has 214 valence electrons. The number of benzene rings is 1. The average Bonchev–Trinajstić information content (AvgIpc) is 2.94. The van der Waals surface area contributed by atoms with Crippen LogP contribution in [-0.4, -0.2) is 73.3 Å². The summed E-state index contributed by atoms with van der Waals surface area (Å²) in [6.45, 7) is 1.31. The summed E-state index contributed by atoms with van der Waals surface area (Å²) in [5, 5.41) is 12.7. The Labute approximate surface area is 224 Å². The molecule has 1 aliphatic heterocycles. The number of amides is 1. The smallest absolute Gasteiger partial charge is 0.389 e. The first kappa shape index (κ1) is 30.2. The number of nitrogens with one attached hydrogen (secondary N) is 1. The lowest BCUT2D eigenvalue weighted by molar-refractivity contribution is -0.162. The van der Waals surface area contributed by atoms with Gasteiger partial charge in [-0.2, -0.15) is 13.2 Å². The number of rotatable bonds is 10. The molecule has 1 aromatic carbocycles. The van der Waals surface area contributed by atoms with E-state index in [9.17, 15) is 27.9 Å². The van der Waals surface area contributed by atoms with E-state index in [0.717, 1.165) is 5.56 Å². The predicted octanol–water partition coefficient (Wildman–Crippen LogP) is 3.83. The molecule has 0 aliphatic carbocycles.